The lowest BCUT2D eigenvalue weighted by Gasteiger charge is -2.24. The lowest BCUT2D eigenvalue weighted by atomic mass is 10.00. The van der Waals surface area contributed by atoms with E-state index in [9.17, 15) is 4.79 Å². The van der Waals surface area contributed by atoms with Crippen molar-refractivity contribution in [1.82, 2.24) is 4.90 Å². The SMILES string of the molecule is O=C(c1ccc2c(c1)CCCN2)N(CC1CC1)C1CC1. The number of fused-ring (bicyclic) bond motifs is 1. The standard InChI is InChI=1S/C17H22N2O/c20-17(19(15-6-7-15)11-12-3-4-12)14-5-8-16-13(10-14)2-1-9-18-16/h5,8,10,12,15,18H,1-4,6-7,9,11H2. The summed E-state index contributed by atoms with van der Waals surface area (Å²) in [5.41, 5.74) is 3.41. The summed E-state index contributed by atoms with van der Waals surface area (Å²) in [6.07, 6.45) is 7.28. The molecule has 1 aromatic carbocycles. The molecule has 2 saturated carbocycles. The van der Waals surface area contributed by atoms with Gasteiger partial charge < -0.3 is 10.2 Å². The largest absolute Gasteiger partial charge is 0.385 e. The molecule has 1 aliphatic heterocycles. The highest BCUT2D eigenvalue weighted by atomic mass is 16.2. The van der Waals surface area contributed by atoms with Crippen LogP contribution in [0.2, 0.25) is 0 Å². The van der Waals surface area contributed by atoms with Crippen molar-refractivity contribution in [3.8, 4) is 0 Å². The fraction of sp³-hybridized carbons (Fsp3) is 0.588. The highest BCUT2D eigenvalue weighted by molar-refractivity contribution is 5.95. The van der Waals surface area contributed by atoms with E-state index >= 15 is 0 Å². The molecule has 0 spiro atoms. The Kier molecular flexibility index (Phi) is 2.94. The normalized spacial score (nSPS) is 21.0. The van der Waals surface area contributed by atoms with E-state index < -0.39 is 0 Å². The average molecular weight is 270 g/mol. The van der Waals surface area contributed by atoms with Gasteiger partial charge in [-0.1, -0.05) is 0 Å². The minimum absolute atomic E-state index is 0.257. The minimum atomic E-state index is 0.257. The summed E-state index contributed by atoms with van der Waals surface area (Å²) in [7, 11) is 0. The Bertz CT molecular complexity index is 532. The molecule has 0 unspecified atom stereocenters. The van der Waals surface area contributed by atoms with Gasteiger partial charge in [0, 0.05) is 30.4 Å². The monoisotopic (exact) mass is 270 g/mol. The van der Waals surface area contributed by atoms with Crippen LogP contribution in [-0.4, -0.2) is 29.9 Å². The van der Waals surface area contributed by atoms with Crippen LogP contribution in [0.4, 0.5) is 5.69 Å². The first kappa shape index (κ1) is 12.2. The first-order valence-corrected chi connectivity index (χ1v) is 7.99. The van der Waals surface area contributed by atoms with Gasteiger partial charge in [0.25, 0.3) is 5.91 Å². The number of carbonyl (C=O) groups is 1. The van der Waals surface area contributed by atoms with Crippen LogP contribution >= 0.6 is 0 Å². The summed E-state index contributed by atoms with van der Waals surface area (Å²) in [5.74, 6) is 1.03. The molecule has 20 heavy (non-hydrogen) atoms. The quantitative estimate of drug-likeness (QED) is 0.912. The Morgan fingerprint density at radius 3 is 2.85 bits per heavy atom. The van der Waals surface area contributed by atoms with E-state index in [1.165, 1.54) is 43.4 Å². The van der Waals surface area contributed by atoms with Crippen LogP contribution in [0.25, 0.3) is 0 Å². The highest BCUT2D eigenvalue weighted by Crippen LogP contribution is 2.36. The van der Waals surface area contributed by atoms with Gasteiger partial charge in [-0.3, -0.25) is 4.79 Å². The van der Waals surface area contributed by atoms with Crippen LogP contribution in [0.5, 0.6) is 0 Å². The van der Waals surface area contributed by atoms with Crippen molar-refractivity contribution in [1.29, 1.82) is 0 Å². The molecule has 1 heterocycles. The number of aryl methyl sites for hydroxylation is 1. The number of benzene rings is 1. The van der Waals surface area contributed by atoms with E-state index in [0.717, 1.165) is 31.0 Å². The number of rotatable bonds is 4. The summed E-state index contributed by atoms with van der Waals surface area (Å²) in [4.78, 5) is 14.9. The maximum atomic E-state index is 12.8. The number of anilines is 1. The summed E-state index contributed by atoms with van der Waals surface area (Å²) in [6, 6.07) is 6.73. The van der Waals surface area contributed by atoms with E-state index in [1.54, 1.807) is 0 Å². The molecule has 0 radical (unpaired) electrons. The molecule has 3 heteroatoms. The van der Waals surface area contributed by atoms with Gasteiger partial charge in [-0.15, -0.1) is 0 Å². The Morgan fingerprint density at radius 1 is 1.25 bits per heavy atom. The topological polar surface area (TPSA) is 32.3 Å². The van der Waals surface area contributed by atoms with Gasteiger partial charge in [-0.25, -0.2) is 0 Å². The van der Waals surface area contributed by atoms with Gasteiger partial charge in [-0.05, 0) is 68.2 Å². The molecule has 1 N–H and O–H groups in total. The van der Waals surface area contributed by atoms with Crippen molar-refractivity contribution in [2.24, 2.45) is 5.92 Å². The summed E-state index contributed by atoms with van der Waals surface area (Å²) < 4.78 is 0. The number of nitrogens with one attached hydrogen (secondary N) is 1. The molecule has 0 aromatic heterocycles. The fourth-order valence-electron chi connectivity index (χ4n) is 3.14. The van der Waals surface area contributed by atoms with Crippen molar-refractivity contribution < 1.29 is 4.79 Å². The molecule has 4 rings (SSSR count). The molecule has 2 fully saturated rings. The summed E-state index contributed by atoms with van der Waals surface area (Å²) >= 11 is 0. The van der Waals surface area contributed by atoms with Crippen molar-refractivity contribution in [3.05, 3.63) is 29.3 Å². The summed E-state index contributed by atoms with van der Waals surface area (Å²) in [6.45, 7) is 2.04. The number of nitrogens with zero attached hydrogens (tertiary/aromatic N) is 1. The van der Waals surface area contributed by atoms with Crippen LogP contribution in [0, 0.1) is 5.92 Å². The van der Waals surface area contributed by atoms with E-state index in [2.05, 4.69) is 22.3 Å². The molecule has 0 bridgehead atoms. The number of carbonyl (C=O) groups excluding carboxylic acids is 1. The van der Waals surface area contributed by atoms with Crippen LogP contribution < -0.4 is 5.32 Å². The molecule has 0 atom stereocenters. The second-order valence-corrected chi connectivity index (χ2v) is 6.53. The second kappa shape index (κ2) is 4.80. The number of hydrogen-bond acceptors (Lipinski definition) is 2. The first-order valence-electron chi connectivity index (χ1n) is 7.99. The zero-order valence-electron chi connectivity index (χ0n) is 11.9. The zero-order chi connectivity index (χ0) is 13.5. The van der Waals surface area contributed by atoms with Crippen LogP contribution in [0.3, 0.4) is 0 Å². The molecule has 2 aliphatic carbocycles. The van der Waals surface area contributed by atoms with Crippen LogP contribution in [0.1, 0.15) is 48.0 Å². The van der Waals surface area contributed by atoms with Crippen molar-refractivity contribution in [2.75, 3.05) is 18.4 Å². The molecule has 0 saturated heterocycles. The molecule has 1 aromatic rings. The van der Waals surface area contributed by atoms with Crippen LogP contribution in [0.15, 0.2) is 18.2 Å². The van der Waals surface area contributed by atoms with Gasteiger partial charge in [0.15, 0.2) is 0 Å². The van der Waals surface area contributed by atoms with E-state index in [-0.39, 0.29) is 5.91 Å². The van der Waals surface area contributed by atoms with E-state index in [1.807, 2.05) is 6.07 Å². The minimum Gasteiger partial charge on any atom is -0.385 e. The fourth-order valence-corrected chi connectivity index (χ4v) is 3.14. The van der Waals surface area contributed by atoms with Gasteiger partial charge in [-0.2, -0.15) is 0 Å². The smallest absolute Gasteiger partial charge is 0.254 e. The first-order chi connectivity index (χ1) is 9.81. The second-order valence-electron chi connectivity index (χ2n) is 6.53. The highest BCUT2D eigenvalue weighted by Gasteiger charge is 2.36. The molecular formula is C17H22N2O. The Labute approximate surface area is 120 Å². The maximum absolute atomic E-state index is 12.8. The third kappa shape index (κ3) is 2.41. The number of amides is 1. The van der Waals surface area contributed by atoms with Gasteiger partial charge in [0.05, 0.1) is 0 Å². The third-order valence-corrected chi connectivity index (χ3v) is 4.69. The molecule has 3 nitrogen and oxygen atoms in total. The predicted molar refractivity (Wildman–Crippen MR) is 80.0 cm³/mol. The van der Waals surface area contributed by atoms with Gasteiger partial charge in [0.2, 0.25) is 0 Å². The molecule has 3 aliphatic rings. The van der Waals surface area contributed by atoms with Crippen molar-refractivity contribution in [3.63, 3.8) is 0 Å². The average Bonchev–Trinajstić information content (AvgIpc) is 3.37. The van der Waals surface area contributed by atoms with Gasteiger partial charge in [0.1, 0.15) is 0 Å². The van der Waals surface area contributed by atoms with Crippen LogP contribution in [-0.2, 0) is 6.42 Å². The molecule has 106 valence electrons. The van der Waals surface area contributed by atoms with Gasteiger partial charge >= 0.3 is 0 Å². The van der Waals surface area contributed by atoms with Crippen molar-refractivity contribution in [2.45, 2.75) is 44.6 Å². The lowest BCUT2D eigenvalue weighted by molar-refractivity contribution is 0.0734. The lowest BCUT2D eigenvalue weighted by Crippen LogP contribution is -2.35. The Hall–Kier alpha value is -1.51. The molecule has 1 amide bonds. The Balaban J connectivity index is 1.56. The Morgan fingerprint density at radius 2 is 2.10 bits per heavy atom. The molecular weight excluding hydrogens is 248 g/mol. The maximum Gasteiger partial charge on any atom is 0.254 e. The summed E-state index contributed by atoms with van der Waals surface area (Å²) in [5, 5.41) is 3.41. The van der Waals surface area contributed by atoms with Crippen molar-refractivity contribution >= 4 is 11.6 Å². The van der Waals surface area contributed by atoms with E-state index in [4.69, 9.17) is 0 Å². The number of hydrogen-bond donors (Lipinski definition) is 1. The predicted octanol–water partition coefficient (Wildman–Crippen LogP) is 3.06. The van der Waals surface area contributed by atoms with E-state index in [0.29, 0.717) is 6.04 Å². The third-order valence-electron chi connectivity index (χ3n) is 4.69. The zero-order valence-corrected chi connectivity index (χ0v) is 11.9.